The highest BCUT2D eigenvalue weighted by Crippen LogP contribution is 2.17. The highest BCUT2D eigenvalue weighted by Gasteiger charge is 2.05. The van der Waals surface area contributed by atoms with Gasteiger partial charge in [0, 0.05) is 24.8 Å². The Labute approximate surface area is 150 Å². The van der Waals surface area contributed by atoms with E-state index in [2.05, 4.69) is 17.6 Å². The number of carbonyl (C=O) groups is 1. The van der Waals surface area contributed by atoms with Gasteiger partial charge in [-0.25, -0.2) is 0 Å². The van der Waals surface area contributed by atoms with Crippen molar-refractivity contribution in [3.05, 3.63) is 24.3 Å². The molecule has 0 atom stereocenters. The van der Waals surface area contributed by atoms with Crippen LogP contribution < -0.4 is 15.4 Å². The van der Waals surface area contributed by atoms with E-state index in [9.17, 15) is 4.79 Å². The number of nitrogens with one attached hydrogen (secondary N) is 2. The lowest BCUT2D eigenvalue weighted by atomic mass is 10.1. The largest absolute Gasteiger partial charge is 0.491 e. The Bertz CT molecular complexity index is 509. The number of benzene rings is 1. The second-order valence-electron chi connectivity index (χ2n) is 5.39. The van der Waals surface area contributed by atoms with Gasteiger partial charge in [-0.15, -0.1) is 0 Å². The highest BCUT2D eigenvalue weighted by molar-refractivity contribution is 7.80. The van der Waals surface area contributed by atoms with Gasteiger partial charge in [-0.05, 0) is 37.7 Å². The van der Waals surface area contributed by atoms with E-state index in [0.717, 1.165) is 37.1 Å². The smallest absolute Gasteiger partial charge is 0.226 e. The Kier molecular flexibility index (Phi) is 10.8. The second-order valence-corrected chi connectivity index (χ2v) is 5.79. The van der Waals surface area contributed by atoms with Crippen LogP contribution in [0.25, 0.3) is 0 Å². The van der Waals surface area contributed by atoms with Gasteiger partial charge >= 0.3 is 0 Å². The van der Waals surface area contributed by atoms with Crippen molar-refractivity contribution in [1.82, 2.24) is 5.32 Å². The Morgan fingerprint density at radius 2 is 2.00 bits per heavy atom. The highest BCUT2D eigenvalue weighted by atomic mass is 32.1. The van der Waals surface area contributed by atoms with Crippen molar-refractivity contribution in [3.8, 4) is 5.75 Å². The van der Waals surface area contributed by atoms with Crippen molar-refractivity contribution in [2.24, 2.45) is 0 Å². The molecule has 0 bridgehead atoms. The lowest BCUT2D eigenvalue weighted by Crippen LogP contribution is -2.33. The molecule has 5 nitrogen and oxygen atoms in total. The third-order valence-corrected chi connectivity index (χ3v) is 3.51. The molecule has 2 N–H and O–H groups in total. The first-order valence-electron chi connectivity index (χ1n) is 8.57. The number of amides is 1. The molecule has 1 amide bonds. The van der Waals surface area contributed by atoms with Crippen LogP contribution in [0.2, 0.25) is 0 Å². The molecule has 0 saturated carbocycles. The molecule has 0 radical (unpaired) electrons. The van der Waals surface area contributed by atoms with Crippen LogP contribution in [0.15, 0.2) is 24.3 Å². The van der Waals surface area contributed by atoms with Crippen LogP contribution >= 0.6 is 12.2 Å². The van der Waals surface area contributed by atoms with Gasteiger partial charge in [0.25, 0.3) is 0 Å². The number of thiocarbonyl (C=S) groups is 1. The molecule has 0 aliphatic heterocycles. The van der Waals surface area contributed by atoms with Crippen molar-refractivity contribution < 1.29 is 14.3 Å². The molecule has 134 valence electrons. The van der Waals surface area contributed by atoms with E-state index in [0.29, 0.717) is 31.4 Å². The molecule has 0 unspecified atom stereocenters. The van der Waals surface area contributed by atoms with Crippen LogP contribution in [-0.4, -0.2) is 30.8 Å². The summed E-state index contributed by atoms with van der Waals surface area (Å²) in [5, 5.41) is 6.02. The summed E-state index contributed by atoms with van der Waals surface area (Å²) in [5.41, 5.74) is 0.778. The van der Waals surface area contributed by atoms with Crippen LogP contribution in [0, 0.1) is 0 Å². The SMILES string of the molecule is CCCCCCC(=O)NC(=S)Nc1cccc(OCCOCC)c1. The van der Waals surface area contributed by atoms with Crippen molar-refractivity contribution in [1.29, 1.82) is 0 Å². The Balaban J connectivity index is 2.34. The van der Waals surface area contributed by atoms with Crippen molar-refractivity contribution in [3.63, 3.8) is 0 Å². The maximum atomic E-state index is 11.8. The Morgan fingerprint density at radius 1 is 1.17 bits per heavy atom. The topological polar surface area (TPSA) is 59.6 Å². The van der Waals surface area contributed by atoms with Crippen molar-refractivity contribution in [2.75, 3.05) is 25.1 Å². The monoisotopic (exact) mass is 352 g/mol. The van der Waals surface area contributed by atoms with Gasteiger partial charge in [0.15, 0.2) is 5.11 Å². The maximum absolute atomic E-state index is 11.8. The molecule has 24 heavy (non-hydrogen) atoms. The minimum Gasteiger partial charge on any atom is -0.491 e. The molecule has 1 aromatic carbocycles. The third-order valence-electron chi connectivity index (χ3n) is 3.30. The lowest BCUT2D eigenvalue weighted by Gasteiger charge is -2.11. The van der Waals surface area contributed by atoms with Gasteiger partial charge in [0.05, 0.1) is 6.61 Å². The summed E-state index contributed by atoms with van der Waals surface area (Å²) in [6.45, 7) is 5.83. The maximum Gasteiger partial charge on any atom is 0.226 e. The summed E-state index contributed by atoms with van der Waals surface area (Å²) in [4.78, 5) is 11.8. The molecule has 0 aromatic heterocycles. The number of ether oxygens (including phenoxy) is 2. The van der Waals surface area contributed by atoms with Gasteiger partial charge in [-0.1, -0.05) is 32.3 Å². The Hall–Kier alpha value is -1.66. The Morgan fingerprint density at radius 3 is 2.75 bits per heavy atom. The zero-order valence-electron chi connectivity index (χ0n) is 14.6. The number of hydrogen-bond donors (Lipinski definition) is 2. The fourth-order valence-corrected chi connectivity index (χ4v) is 2.32. The van der Waals surface area contributed by atoms with Crippen molar-refractivity contribution in [2.45, 2.75) is 46.0 Å². The van der Waals surface area contributed by atoms with E-state index in [1.807, 2.05) is 31.2 Å². The second kappa shape index (κ2) is 12.7. The molecule has 6 heteroatoms. The molecule has 0 aliphatic carbocycles. The first-order chi connectivity index (χ1) is 11.7. The van der Waals surface area contributed by atoms with E-state index in [1.165, 1.54) is 0 Å². The zero-order chi connectivity index (χ0) is 17.6. The summed E-state index contributed by atoms with van der Waals surface area (Å²) >= 11 is 5.18. The fraction of sp³-hybridized carbons (Fsp3) is 0.556. The summed E-state index contributed by atoms with van der Waals surface area (Å²) in [5.74, 6) is 0.682. The predicted octanol–water partition coefficient (Wildman–Crippen LogP) is 3.89. The standard InChI is InChI=1S/C18H28N2O3S/c1-3-5-6-7-11-17(21)20-18(24)19-15-9-8-10-16(14-15)23-13-12-22-4-2/h8-10,14H,3-7,11-13H2,1-2H3,(H2,19,20,21,24). The average molecular weight is 353 g/mol. The lowest BCUT2D eigenvalue weighted by molar-refractivity contribution is -0.119. The number of rotatable bonds is 11. The number of hydrogen-bond acceptors (Lipinski definition) is 4. The van der Waals surface area contributed by atoms with E-state index in [-0.39, 0.29) is 5.91 Å². The van der Waals surface area contributed by atoms with E-state index in [4.69, 9.17) is 21.7 Å². The van der Waals surface area contributed by atoms with E-state index in [1.54, 1.807) is 0 Å². The van der Waals surface area contributed by atoms with Gasteiger partial charge in [0.2, 0.25) is 5.91 Å². The molecular weight excluding hydrogens is 324 g/mol. The molecule has 0 fully saturated rings. The molecular formula is C18H28N2O3S. The third kappa shape index (κ3) is 9.47. The van der Waals surface area contributed by atoms with Gasteiger partial charge in [0.1, 0.15) is 12.4 Å². The summed E-state index contributed by atoms with van der Waals surface area (Å²) in [6.07, 6.45) is 4.79. The molecule has 1 aromatic rings. The number of carbonyl (C=O) groups excluding carboxylic acids is 1. The minimum atomic E-state index is -0.0484. The zero-order valence-corrected chi connectivity index (χ0v) is 15.4. The van der Waals surface area contributed by atoms with E-state index < -0.39 is 0 Å². The first kappa shape index (κ1) is 20.4. The summed E-state index contributed by atoms with van der Waals surface area (Å²) in [7, 11) is 0. The van der Waals surface area contributed by atoms with Crippen LogP contribution in [0.3, 0.4) is 0 Å². The average Bonchev–Trinajstić information content (AvgIpc) is 2.56. The first-order valence-corrected chi connectivity index (χ1v) is 8.98. The molecule has 0 heterocycles. The van der Waals surface area contributed by atoms with Gasteiger partial charge in [-0.3, -0.25) is 4.79 Å². The van der Waals surface area contributed by atoms with Gasteiger partial charge < -0.3 is 20.1 Å². The van der Waals surface area contributed by atoms with E-state index >= 15 is 0 Å². The van der Waals surface area contributed by atoms with Crippen LogP contribution in [0.1, 0.15) is 46.0 Å². The number of anilines is 1. The minimum absolute atomic E-state index is 0.0484. The fourth-order valence-electron chi connectivity index (χ4n) is 2.09. The van der Waals surface area contributed by atoms with Crippen LogP contribution in [0.4, 0.5) is 5.69 Å². The molecule has 1 rings (SSSR count). The molecule has 0 spiro atoms. The summed E-state index contributed by atoms with van der Waals surface area (Å²) < 4.78 is 10.8. The van der Waals surface area contributed by atoms with Gasteiger partial charge in [-0.2, -0.15) is 0 Å². The normalized spacial score (nSPS) is 10.2. The number of unbranched alkanes of at least 4 members (excludes halogenated alkanes) is 3. The molecule has 0 saturated heterocycles. The van der Waals surface area contributed by atoms with Crippen LogP contribution in [0.5, 0.6) is 5.75 Å². The predicted molar refractivity (Wildman–Crippen MR) is 102 cm³/mol. The summed E-state index contributed by atoms with van der Waals surface area (Å²) in [6, 6.07) is 7.45. The van der Waals surface area contributed by atoms with Crippen LogP contribution in [-0.2, 0) is 9.53 Å². The quantitative estimate of drug-likeness (QED) is 0.467. The molecule has 0 aliphatic rings. The van der Waals surface area contributed by atoms with Crippen molar-refractivity contribution >= 4 is 28.9 Å².